The molecule has 230 valence electrons. The third-order valence-corrected chi connectivity index (χ3v) is 9.14. The van der Waals surface area contributed by atoms with Gasteiger partial charge in [0.25, 0.3) is 10.0 Å². The Morgan fingerprint density at radius 2 is 1.60 bits per heavy atom. The summed E-state index contributed by atoms with van der Waals surface area (Å²) in [4.78, 5) is 28.8. The standard InChI is InChI=1S/C32H38FN3O6S/c1-4-23(3)34-32(38)28(5-2)35(18-17-24-9-7-6-8-10-24)31(37)22-36(26-13-11-25(33)12-14-26)43(39,40)27-15-16-29-30(21-27)42-20-19-41-29/h6-16,21,23,28H,4-5,17-20,22H2,1-3H3,(H,34,38)/t23-,28-/m1/s1. The molecule has 9 nitrogen and oxygen atoms in total. The van der Waals surface area contributed by atoms with Gasteiger partial charge in [0.15, 0.2) is 11.5 Å². The smallest absolute Gasteiger partial charge is 0.264 e. The second kappa shape index (κ2) is 14.4. The third kappa shape index (κ3) is 7.84. The summed E-state index contributed by atoms with van der Waals surface area (Å²) < 4.78 is 54.1. The molecule has 1 N–H and O–H groups in total. The summed E-state index contributed by atoms with van der Waals surface area (Å²) in [6.45, 7) is 5.85. The highest BCUT2D eigenvalue weighted by Crippen LogP contribution is 2.34. The Balaban J connectivity index is 1.70. The number of hydrogen-bond donors (Lipinski definition) is 1. The van der Waals surface area contributed by atoms with Gasteiger partial charge < -0.3 is 19.7 Å². The second-order valence-electron chi connectivity index (χ2n) is 10.4. The van der Waals surface area contributed by atoms with Crippen molar-refractivity contribution in [2.45, 2.75) is 57.0 Å². The van der Waals surface area contributed by atoms with Gasteiger partial charge in [-0.25, -0.2) is 12.8 Å². The van der Waals surface area contributed by atoms with Gasteiger partial charge in [-0.2, -0.15) is 0 Å². The average Bonchev–Trinajstić information content (AvgIpc) is 3.02. The van der Waals surface area contributed by atoms with Crippen molar-refractivity contribution in [1.29, 1.82) is 0 Å². The molecule has 0 aliphatic carbocycles. The zero-order valence-corrected chi connectivity index (χ0v) is 25.5. The van der Waals surface area contributed by atoms with E-state index in [0.29, 0.717) is 31.6 Å². The topological polar surface area (TPSA) is 105 Å². The number of anilines is 1. The maximum atomic E-state index is 14.1. The number of benzene rings is 3. The van der Waals surface area contributed by atoms with E-state index in [0.717, 1.165) is 22.0 Å². The van der Waals surface area contributed by atoms with Gasteiger partial charge in [0.1, 0.15) is 31.6 Å². The van der Waals surface area contributed by atoms with Gasteiger partial charge in [0.2, 0.25) is 11.8 Å². The first-order valence-corrected chi connectivity index (χ1v) is 15.9. The van der Waals surface area contributed by atoms with E-state index in [2.05, 4.69) is 5.32 Å². The second-order valence-corrected chi connectivity index (χ2v) is 12.2. The maximum Gasteiger partial charge on any atom is 0.264 e. The SMILES string of the molecule is CC[C@@H](C)NC(=O)[C@@H](CC)N(CCc1ccccc1)C(=O)CN(c1ccc(F)cc1)S(=O)(=O)c1ccc2c(c1)OCCO2. The predicted octanol–water partition coefficient (Wildman–Crippen LogP) is 4.56. The van der Waals surface area contributed by atoms with Crippen LogP contribution < -0.4 is 19.1 Å². The van der Waals surface area contributed by atoms with Crippen LogP contribution in [0, 0.1) is 5.82 Å². The summed E-state index contributed by atoms with van der Waals surface area (Å²) in [6.07, 6.45) is 1.51. The van der Waals surface area contributed by atoms with Gasteiger partial charge in [-0.15, -0.1) is 0 Å². The first kappa shape index (κ1) is 31.8. The molecule has 2 atom stereocenters. The van der Waals surface area contributed by atoms with E-state index in [1.165, 1.54) is 35.2 Å². The molecule has 0 radical (unpaired) electrons. The summed E-state index contributed by atoms with van der Waals surface area (Å²) in [6, 6.07) is 17.7. The molecule has 3 aromatic rings. The highest BCUT2D eigenvalue weighted by atomic mass is 32.2. The van der Waals surface area contributed by atoms with E-state index in [1.54, 1.807) is 0 Å². The number of carbonyl (C=O) groups excluding carboxylic acids is 2. The Labute approximate surface area is 252 Å². The van der Waals surface area contributed by atoms with Gasteiger partial charge >= 0.3 is 0 Å². The van der Waals surface area contributed by atoms with E-state index in [9.17, 15) is 22.4 Å². The summed E-state index contributed by atoms with van der Waals surface area (Å²) in [7, 11) is -4.34. The molecule has 1 heterocycles. The summed E-state index contributed by atoms with van der Waals surface area (Å²) >= 11 is 0. The first-order chi connectivity index (χ1) is 20.6. The van der Waals surface area contributed by atoms with Crippen molar-refractivity contribution in [1.82, 2.24) is 10.2 Å². The van der Waals surface area contributed by atoms with Crippen LogP contribution in [0.15, 0.2) is 77.7 Å². The molecular weight excluding hydrogens is 573 g/mol. The zero-order chi connectivity index (χ0) is 31.0. The van der Waals surface area contributed by atoms with Gasteiger partial charge in [-0.3, -0.25) is 13.9 Å². The number of nitrogens with zero attached hydrogens (tertiary/aromatic N) is 2. The van der Waals surface area contributed by atoms with Crippen molar-refractivity contribution in [2.24, 2.45) is 0 Å². The number of nitrogens with one attached hydrogen (secondary N) is 1. The van der Waals surface area contributed by atoms with Gasteiger partial charge in [-0.05, 0) is 68.1 Å². The number of carbonyl (C=O) groups is 2. The lowest BCUT2D eigenvalue weighted by molar-refractivity contribution is -0.139. The lowest BCUT2D eigenvalue weighted by Gasteiger charge is -2.33. The maximum absolute atomic E-state index is 14.1. The van der Waals surface area contributed by atoms with E-state index in [1.807, 2.05) is 51.1 Å². The molecule has 0 aromatic heterocycles. The fourth-order valence-electron chi connectivity index (χ4n) is 4.78. The highest BCUT2D eigenvalue weighted by Gasteiger charge is 2.34. The number of fused-ring (bicyclic) bond motifs is 1. The largest absolute Gasteiger partial charge is 0.486 e. The van der Waals surface area contributed by atoms with Crippen LogP contribution in [0.25, 0.3) is 0 Å². The van der Waals surface area contributed by atoms with Crippen molar-refractivity contribution in [2.75, 3.05) is 30.6 Å². The van der Waals surface area contributed by atoms with Crippen molar-refractivity contribution in [3.8, 4) is 11.5 Å². The third-order valence-electron chi connectivity index (χ3n) is 7.37. The summed E-state index contributed by atoms with van der Waals surface area (Å²) in [5, 5.41) is 2.96. The number of halogens is 1. The number of rotatable bonds is 13. The van der Waals surface area contributed by atoms with Crippen molar-refractivity contribution < 1.29 is 31.9 Å². The first-order valence-electron chi connectivity index (χ1n) is 14.5. The number of amides is 2. The normalized spacial score (nSPS) is 14.0. The molecule has 4 rings (SSSR count). The molecule has 0 unspecified atom stereocenters. The molecule has 1 aliphatic heterocycles. The van der Waals surface area contributed by atoms with Crippen LogP contribution in [0.3, 0.4) is 0 Å². The Hall–Kier alpha value is -4.12. The predicted molar refractivity (Wildman–Crippen MR) is 162 cm³/mol. The van der Waals surface area contributed by atoms with Crippen LogP contribution in [0.1, 0.15) is 39.2 Å². The van der Waals surface area contributed by atoms with Crippen molar-refractivity contribution in [3.05, 3.63) is 84.2 Å². The molecule has 11 heteroatoms. The molecule has 43 heavy (non-hydrogen) atoms. The van der Waals surface area contributed by atoms with Crippen molar-refractivity contribution >= 4 is 27.5 Å². The minimum absolute atomic E-state index is 0.0982. The number of ether oxygens (including phenoxy) is 2. The molecule has 0 saturated carbocycles. The number of sulfonamides is 1. The van der Waals surface area contributed by atoms with Gasteiger partial charge in [0, 0.05) is 18.7 Å². The van der Waals surface area contributed by atoms with Crippen LogP contribution in [0.2, 0.25) is 0 Å². The van der Waals surface area contributed by atoms with E-state index in [-0.39, 0.29) is 41.4 Å². The van der Waals surface area contributed by atoms with Crippen LogP contribution in [-0.2, 0) is 26.0 Å². The fourth-order valence-corrected chi connectivity index (χ4v) is 6.21. The van der Waals surface area contributed by atoms with Crippen LogP contribution in [0.4, 0.5) is 10.1 Å². The van der Waals surface area contributed by atoms with Crippen molar-refractivity contribution in [3.63, 3.8) is 0 Å². The van der Waals surface area contributed by atoms with Gasteiger partial charge in [-0.1, -0.05) is 44.2 Å². The molecular formula is C32H38FN3O6S. The Bertz CT molecular complexity index is 1500. The average molecular weight is 612 g/mol. The summed E-state index contributed by atoms with van der Waals surface area (Å²) in [5.74, 6) is -0.729. The minimum atomic E-state index is -4.34. The number of hydrogen-bond acceptors (Lipinski definition) is 6. The monoisotopic (exact) mass is 611 g/mol. The zero-order valence-electron chi connectivity index (χ0n) is 24.7. The molecule has 2 amide bonds. The Kier molecular flexibility index (Phi) is 10.6. The lowest BCUT2D eigenvalue weighted by atomic mass is 10.1. The minimum Gasteiger partial charge on any atom is -0.486 e. The Morgan fingerprint density at radius 1 is 0.930 bits per heavy atom. The van der Waals surface area contributed by atoms with Crippen LogP contribution in [-0.4, -0.2) is 63.5 Å². The Morgan fingerprint density at radius 3 is 2.26 bits per heavy atom. The van der Waals surface area contributed by atoms with E-state index >= 15 is 0 Å². The molecule has 0 bridgehead atoms. The molecule has 0 spiro atoms. The molecule has 1 aliphatic rings. The van der Waals surface area contributed by atoms with Crippen LogP contribution >= 0.6 is 0 Å². The molecule has 3 aromatic carbocycles. The van der Waals surface area contributed by atoms with Crippen LogP contribution in [0.5, 0.6) is 11.5 Å². The molecule has 0 saturated heterocycles. The lowest BCUT2D eigenvalue weighted by Crippen LogP contribution is -2.54. The quantitative estimate of drug-likeness (QED) is 0.304. The van der Waals surface area contributed by atoms with E-state index in [4.69, 9.17) is 9.47 Å². The highest BCUT2D eigenvalue weighted by molar-refractivity contribution is 7.92. The fraction of sp³-hybridized carbons (Fsp3) is 0.375. The molecule has 0 fully saturated rings. The summed E-state index contributed by atoms with van der Waals surface area (Å²) in [5.41, 5.74) is 1.07. The van der Waals surface area contributed by atoms with Gasteiger partial charge in [0.05, 0.1) is 10.6 Å². The van der Waals surface area contributed by atoms with E-state index < -0.39 is 34.3 Å².